The Morgan fingerprint density at radius 2 is 2.10 bits per heavy atom. The van der Waals surface area contributed by atoms with E-state index in [1.807, 2.05) is 0 Å². The van der Waals surface area contributed by atoms with Gasteiger partial charge in [0, 0.05) is 10.6 Å². The van der Waals surface area contributed by atoms with Gasteiger partial charge in [-0.15, -0.1) is 0 Å². The van der Waals surface area contributed by atoms with E-state index >= 15 is 0 Å². The van der Waals surface area contributed by atoms with Crippen LogP contribution >= 0.6 is 23.2 Å². The van der Waals surface area contributed by atoms with Crippen LogP contribution in [0.25, 0.3) is 0 Å². The number of rotatable bonds is 2. The summed E-state index contributed by atoms with van der Waals surface area (Å²) < 4.78 is 5.50. The Bertz CT molecular complexity index is 687. The molecule has 0 bridgehead atoms. The number of hydrogen-bond acceptors (Lipinski definition) is 4. The van der Waals surface area contributed by atoms with E-state index in [0.717, 1.165) is 0 Å². The van der Waals surface area contributed by atoms with Crippen molar-refractivity contribution in [2.24, 2.45) is 5.92 Å². The van der Waals surface area contributed by atoms with E-state index in [2.05, 4.69) is 5.32 Å². The lowest BCUT2D eigenvalue weighted by atomic mass is 9.94. The molecule has 7 heteroatoms. The highest BCUT2D eigenvalue weighted by molar-refractivity contribution is 6.37. The Morgan fingerprint density at radius 3 is 2.81 bits per heavy atom. The van der Waals surface area contributed by atoms with Gasteiger partial charge >= 0.3 is 0 Å². The van der Waals surface area contributed by atoms with Crippen LogP contribution in [0.5, 0.6) is 0 Å². The Kier molecular flexibility index (Phi) is 3.57. The molecular weight excluding hydrogens is 315 g/mol. The summed E-state index contributed by atoms with van der Waals surface area (Å²) in [5, 5.41) is 11.3. The molecule has 0 spiro atoms. The third kappa shape index (κ3) is 2.48. The number of benzene rings is 1. The minimum Gasteiger partial charge on any atom is -0.340 e. The van der Waals surface area contributed by atoms with Crippen molar-refractivity contribution in [1.29, 1.82) is 5.41 Å². The molecule has 3 atom stereocenters. The number of amides is 1. The van der Waals surface area contributed by atoms with Crippen LogP contribution in [0.2, 0.25) is 10.0 Å². The molecule has 0 aromatic heterocycles. The van der Waals surface area contributed by atoms with Crippen LogP contribution in [0.15, 0.2) is 30.4 Å². The maximum atomic E-state index is 12.5. The fourth-order valence-corrected chi connectivity index (χ4v) is 2.89. The summed E-state index contributed by atoms with van der Waals surface area (Å²) in [6.07, 6.45) is 1.17. The highest BCUT2D eigenvalue weighted by Crippen LogP contribution is 2.30. The first-order chi connectivity index (χ1) is 9.97. The molecule has 1 aromatic rings. The molecule has 2 aliphatic heterocycles. The molecule has 21 heavy (non-hydrogen) atoms. The molecule has 108 valence electrons. The molecule has 2 heterocycles. The van der Waals surface area contributed by atoms with E-state index in [0.29, 0.717) is 5.02 Å². The maximum Gasteiger partial charge on any atom is 0.245 e. The smallest absolute Gasteiger partial charge is 0.245 e. The normalized spacial score (nSPS) is 27.4. The predicted octanol–water partition coefficient (Wildman–Crippen LogP) is 2.22. The lowest BCUT2D eigenvalue weighted by molar-refractivity contribution is -0.121. The lowest BCUT2D eigenvalue weighted by Crippen LogP contribution is -2.41. The molecule has 0 aliphatic carbocycles. The molecular formula is C14H10Cl2N2O3. The number of hydrogen-bond donors (Lipinski definition) is 2. The standard InChI is InChI=1S/C14H10Cl2N2O3/c15-6-1-2-7(9(16)5-6)12(20)13-11(17)8-3-4-10(19)18-14(8)21-13/h1-5,8,13-14,17H,(H,18,19). The van der Waals surface area contributed by atoms with Gasteiger partial charge in [0.1, 0.15) is 6.23 Å². The second kappa shape index (κ2) is 5.26. The third-order valence-electron chi connectivity index (χ3n) is 3.42. The van der Waals surface area contributed by atoms with Crippen molar-refractivity contribution < 1.29 is 14.3 Å². The van der Waals surface area contributed by atoms with Crippen LogP contribution in [-0.4, -0.2) is 29.7 Å². The zero-order valence-corrected chi connectivity index (χ0v) is 12.1. The van der Waals surface area contributed by atoms with E-state index in [-0.39, 0.29) is 22.2 Å². The molecule has 0 radical (unpaired) electrons. The quantitative estimate of drug-likeness (QED) is 0.819. The van der Waals surface area contributed by atoms with Crippen LogP contribution in [-0.2, 0) is 9.53 Å². The van der Waals surface area contributed by atoms with Crippen molar-refractivity contribution in [3.05, 3.63) is 46.0 Å². The molecule has 1 fully saturated rings. The largest absolute Gasteiger partial charge is 0.340 e. The number of carbonyl (C=O) groups excluding carboxylic acids is 2. The third-order valence-corrected chi connectivity index (χ3v) is 3.97. The molecule has 5 nitrogen and oxygen atoms in total. The van der Waals surface area contributed by atoms with E-state index in [9.17, 15) is 9.59 Å². The van der Waals surface area contributed by atoms with Gasteiger partial charge in [-0.05, 0) is 24.3 Å². The Hall–Kier alpha value is -1.69. The molecule has 3 unspecified atom stereocenters. The summed E-state index contributed by atoms with van der Waals surface area (Å²) in [5.74, 6) is -1.15. The minimum atomic E-state index is -1.05. The Labute approximate surface area is 130 Å². The monoisotopic (exact) mass is 324 g/mol. The number of ketones is 1. The molecule has 1 amide bonds. The van der Waals surface area contributed by atoms with Crippen LogP contribution < -0.4 is 5.32 Å². The second-order valence-electron chi connectivity index (χ2n) is 4.77. The number of carbonyl (C=O) groups is 2. The van der Waals surface area contributed by atoms with Crippen molar-refractivity contribution >= 4 is 40.6 Å². The van der Waals surface area contributed by atoms with E-state index < -0.39 is 24.0 Å². The number of ether oxygens (including phenoxy) is 1. The molecule has 2 N–H and O–H groups in total. The average molecular weight is 325 g/mol. The van der Waals surface area contributed by atoms with Crippen LogP contribution in [0, 0.1) is 11.3 Å². The van der Waals surface area contributed by atoms with Crippen molar-refractivity contribution in [3.8, 4) is 0 Å². The van der Waals surface area contributed by atoms with Gasteiger partial charge in [0.05, 0.1) is 16.7 Å². The number of Topliss-reactive ketones (excluding diaryl/α,β-unsaturated/α-hetero) is 1. The van der Waals surface area contributed by atoms with Gasteiger partial charge in [0.2, 0.25) is 5.91 Å². The van der Waals surface area contributed by atoms with E-state index in [1.54, 1.807) is 12.1 Å². The SMILES string of the molecule is N=C1C(C(=O)c2ccc(Cl)cc2Cl)OC2NC(=O)C=CC12. The van der Waals surface area contributed by atoms with E-state index in [1.165, 1.54) is 18.2 Å². The van der Waals surface area contributed by atoms with E-state index in [4.69, 9.17) is 33.3 Å². The first-order valence-electron chi connectivity index (χ1n) is 6.19. The zero-order chi connectivity index (χ0) is 15.1. The van der Waals surface area contributed by atoms with Crippen LogP contribution in [0.3, 0.4) is 0 Å². The van der Waals surface area contributed by atoms with Crippen molar-refractivity contribution in [2.75, 3.05) is 0 Å². The number of halogens is 2. The topological polar surface area (TPSA) is 79.2 Å². The second-order valence-corrected chi connectivity index (χ2v) is 5.62. The predicted molar refractivity (Wildman–Crippen MR) is 78.0 cm³/mol. The Balaban J connectivity index is 1.88. The van der Waals surface area contributed by atoms with Gasteiger partial charge < -0.3 is 15.5 Å². The number of nitrogens with one attached hydrogen (secondary N) is 2. The van der Waals surface area contributed by atoms with Crippen molar-refractivity contribution in [1.82, 2.24) is 5.32 Å². The summed E-state index contributed by atoms with van der Waals surface area (Å²) in [6.45, 7) is 0. The summed E-state index contributed by atoms with van der Waals surface area (Å²) in [5.41, 5.74) is 0.344. The molecule has 0 saturated carbocycles. The van der Waals surface area contributed by atoms with Gasteiger partial charge in [0.15, 0.2) is 11.9 Å². The fraction of sp³-hybridized carbons (Fsp3) is 0.214. The molecule has 1 saturated heterocycles. The fourth-order valence-electron chi connectivity index (χ4n) is 2.38. The average Bonchev–Trinajstić information content (AvgIpc) is 2.75. The molecule has 2 aliphatic rings. The first-order valence-corrected chi connectivity index (χ1v) is 6.94. The zero-order valence-electron chi connectivity index (χ0n) is 10.6. The highest BCUT2D eigenvalue weighted by atomic mass is 35.5. The lowest BCUT2D eigenvalue weighted by Gasteiger charge is -2.19. The summed E-state index contributed by atoms with van der Waals surface area (Å²) in [4.78, 5) is 23.8. The van der Waals surface area contributed by atoms with Gasteiger partial charge in [-0.2, -0.15) is 0 Å². The first kappa shape index (κ1) is 14.3. The summed E-state index contributed by atoms with van der Waals surface area (Å²) in [6, 6.07) is 4.51. The Morgan fingerprint density at radius 1 is 1.33 bits per heavy atom. The van der Waals surface area contributed by atoms with Gasteiger partial charge in [-0.3, -0.25) is 9.59 Å². The van der Waals surface area contributed by atoms with Crippen LogP contribution in [0.4, 0.5) is 0 Å². The molecule has 3 rings (SSSR count). The summed E-state index contributed by atoms with van der Waals surface area (Å²) >= 11 is 11.8. The van der Waals surface area contributed by atoms with Gasteiger partial charge in [0.25, 0.3) is 0 Å². The minimum absolute atomic E-state index is 0.104. The van der Waals surface area contributed by atoms with Gasteiger partial charge in [-0.25, -0.2) is 0 Å². The number of fused-ring (bicyclic) bond motifs is 1. The van der Waals surface area contributed by atoms with Gasteiger partial charge in [-0.1, -0.05) is 29.3 Å². The molecule has 1 aromatic carbocycles. The summed E-state index contributed by atoms with van der Waals surface area (Å²) in [7, 11) is 0. The van der Waals surface area contributed by atoms with Crippen molar-refractivity contribution in [2.45, 2.75) is 12.3 Å². The van der Waals surface area contributed by atoms with Crippen LogP contribution in [0.1, 0.15) is 10.4 Å². The highest BCUT2D eigenvalue weighted by Gasteiger charge is 2.45. The van der Waals surface area contributed by atoms with Crippen molar-refractivity contribution in [3.63, 3.8) is 0 Å². The maximum absolute atomic E-state index is 12.5.